The quantitative estimate of drug-likeness (QED) is 0.141. The van der Waals surface area contributed by atoms with Crippen molar-refractivity contribution in [3.8, 4) is 23.0 Å². The first-order chi connectivity index (χ1) is 14.0. The van der Waals surface area contributed by atoms with Gasteiger partial charge in [-0.3, -0.25) is 0 Å². The highest BCUT2D eigenvalue weighted by Gasteiger charge is 2.06. The van der Waals surface area contributed by atoms with Gasteiger partial charge in [-0.1, -0.05) is 10.3 Å². The summed E-state index contributed by atoms with van der Waals surface area (Å²) < 4.78 is 11.6. The Balaban J connectivity index is 1.76. The molecule has 0 bridgehead atoms. The van der Waals surface area contributed by atoms with E-state index in [9.17, 15) is 0 Å². The van der Waals surface area contributed by atoms with Gasteiger partial charge in [0.15, 0.2) is 11.7 Å². The second-order valence-electron chi connectivity index (χ2n) is 5.96. The first-order valence-electron chi connectivity index (χ1n) is 8.40. The maximum absolute atomic E-state index is 8.71. The molecule has 0 atom stereocenters. The first kappa shape index (κ1) is 19.4. The van der Waals surface area contributed by atoms with Crippen LogP contribution in [0.3, 0.4) is 0 Å². The number of rotatable bonds is 6. The van der Waals surface area contributed by atoms with Gasteiger partial charge in [0, 0.05) is 35.0 Å². The van der Waals surface area contributed by atoms with Crippen LogP contribution in [-0.4, -0.2) is 22.1 Å². The maximum atomic E-state index is 8.71. The van der Waals surface area contributed by atoms with E-state index < -0.39 is 0 Å². The van der Waals surface area contributed by atoms with Gasteiger partial charge in [0.25, 0.3) is 0 Å². The molecule has 0 saturated heterocycles. The Morgan fingerprint density at radius 3 is 1.34 bits per heavy atom. The van der Waals surface area contributed by atoms with Gasteiger partial charge in [-0.25, -0.2) is 0 Å². The molecule has 0 aromatic heterocycles. The summed E-state index contributed by atoms with van der Waals surface area (Å²) >= 11 is 0. The van der Waals surface area contributed by atoms with Gasteiger partial charge in [-0.2, -0.15) is 0 Å². The summed E-state index contributed by atoms with van der Waals surface area (Å²) in [5.74, 6) is 2.05. The molecule has 0 aliphatic carbocycles. The van der Waals surface area contributed by atoms with Crippen molar-refractivity contribution in [2.24, 2.45) is 21.8 Å². The van der Waals surface area contributed by atoms with E-state index in [2.05, 4.69) is 10.3 Å². The third-order valence-corrected chi connectivity index (χ3v) is 3.89. The molecule has 0 heterocycles. The highest BCUT2D eigenvalue weighted by atomic mass is 16.5. The van der Waals surface area contributed by atoms with E-state index in [1.807, 2.05) is 0 Å². The van der Waals surface area contributed by atoms with Crippen molar-refractivity contribution in [2.75, 3.05) is 5.73 Å². The number of ether oxygens (including phenoxy) is 2. The van der Waals surface area contributed by atoms with Crippen LogP contribution in [-0.2, 0) is 0 Å². The lowest BCUT2D eigenvalue weighted by Gasteiger charge is -2.11. The molecule has 0 fully saturated rings. The van der Waals surface area contributed by atoms with Crippen molar-refractivity contribution in [1.82, 2.24) is 0 Å². The number of nitrogen functional groups attached to an aromatic ring is 1. The van der Waals surface area contributed by atoms with E-state index >= 15 is 0 Å². The monoisotopic (exact) mass is 393 g/mol. The van der Waals surface area contributed by atoms with Gasteiger partial charge in [0.1, 0.15) is 23.0 Å². The Bertz CT molecular complexity index is 966. The molecule has 0 unspecified atom stereocenters. The van der Waals surface area contributed by atoms with Gasteiger partial charge in [-0.15, -0.1) is 0 Å². The van der Waals surface area contributed by atoms with Gasteiger partial charge in [-0.05, 0) is 48.5 Å². The lowest BCUT2D eigenvalue weighted by atomic mass is 10.2. The number of anilines is 1. The minimum Gasteiger partial charge on any atom is -0.457 e. The summed E-state index contributed by atoms with van der Waals surface area (Å²) in [6, 6.07) is 18.4. The third-order valence-electron chi connectivity index (χ3n) is 3.89. The number of nitrogens with zero attached hydrogens (tertiary/aromatic N) is 2. The van der Waals surface area contributed by atoms with E-state index in [0.29, 0.717) is 39.8 Å². The van der Waals surface area contributed by atoms with Crippen molar-refractivity contribution in [3.63, 3.8) is 0 Å². The van der Waals surface area contributed by atoms with Gasteiger partial charge in [0.05, 0.1) is 0 Å². The van der Waals surface area contributed by atoms with Gasteiger partial charge in [0.2, 0.25) is 0 Å². The molecule has 3 rings (SSSR count). The predicted octanol–water partition coefficient (Wildman–Crippen LogP) is 3.04. The van der Waals surface area contributed by atoms with Crippen LogP contribution in [0.15, 0.2) is 77.0 Å². The molecule has 0 spiro atoms. The summed E-state index contributed by atoms with van der Waals surface area (Å²) in [6.07, 6.45) is 0. The van der Waals surface area contributed by atoms with Crippen LogP contribution in [0.25, 0.3) is 0 Å². The zero-order chi connectivity index (χ0) is 20.8. The summed E-state index contributed by atoms with van der Waals surface area (Å²) in [5, 5.41) is 23.3. The molecule has 0 aliphatic heterocycles. The van der Waals surface area contributed by atoms with Crippen LogP contribution in [0.1, 0.15) is 11.1 Å². The van der Waals surface area contributed by atoms with Gasteiger partial charge < -0.3 is 37.1 Å². The van der Waals surface area contributed by atoms with Crippen LogP contribution < -0.4 is 26.7 Å². The lowest BCUT2D eigenvalue weighted by molar-refractivity contribution is 0.318. The van der Waals surface area contributed by atoms with E-state index in [4.69, 9.17) is 37.1 Å². The normalized spacial score (nSPS) is 11.9. The lowest BCUT2D eigenvalue weighted by Crippen LogP contribution is -2.12. The molecule has 0 aliphatic rings. The fraction of sp³-hybridized carbons (Fsp3) is 0. The highest BCUT2D eigenvalue weighted by Crippen LogP contribution is 2.31. The molecular weight excluding hydrogens is 374 g/mol. The van der Waals surface area contributed by atoms with Crippen molar-refractivity contribution in [1.29, 1.82) is 0 Å². The Kier molecular flexibility index (Phi) is 5.69. The molecular formula is C20H19N5O4. The molecule has 0 amide bonds. The largest absolute Gasteiger partial charge is 0.457 e. The zero-order valence-electron chi connectivity index (χ0n) is 15.2. The second kappa shape index (κ2) is 8.53. The topological polar surface area (TPSA) is 162 Å². The molecule has 3 aromatic rings. The zero-order valence-corrected chi connectivity index (χ0v) is 15.2. The molecule has 9 nitrogen and oxygen atoms in total. The summed E-state index contributed by atoms with van der Waals surface area (Å²) in [7, 11) is 0. The summed E-state index contributed by atoms with van der Waals surface area (Å²) in [5.41, 5.74) is 18.6. The van der Waals surface area contributed by atoms with E-state index in [1.54, 1.807) is 66.7 Å². The molecule has 29 heavy (non-hydrogen) atoms. The smallest absolute Gasteiger partial charge is 0.170 e. The number of amidine groups is 2. The van der Waals surface area contributed by atoms with Crippen LogP contribution in [0.4, 0.5) is 5.69 Å². The van der Waals surface area contributed by atoms with Crippen molar-refractivity contribution in [3.05, 3.63) is 77.9 Å². The number of hydrogen-bond acceptors (Lipinski definition) is 7. The van der Waals surface area contributed by atoms with Crippen LogP contribution >= 0.6 is 0 Å². The molecule has 0 radical (unpaired) electrons. The fourth-order valence-electron chi connectivity index (χ4n) is 2.49. The van der Waals surface area contributed by atoms with Gasteiger partial charge >= 0.3 is 0 Å². The van der Waals surface area contributed by atoms with Crippen molar-refractivity contribution >= 4 is 17.4 Å². The molecule has 9 heteroatoms. The summed E-state index contributed by atoms with van der Waals surface area (Å²) in [4.78, 5) is 0. The van der Waals surface area contributed by atoms with Crippen molar-refractivity contribution < 1.29 is 19.9 Å². The SMILES string of the molecule is N/C(=N\O)c1ccc(Oc2cc(N)cc(Oc3ccc(/C(N)=N/O)cc3)c2)cc1. The van der Waals surface area contributed by atoms with Crippen molar-refractivity contribution in [2.45, 2.75) is 0 Å². The minimum atomic E-state index is 0.00854. The highest BCUT2D eigenvalue weighted by molar-refractivity contribution is 5.97. The molecule has 0 saturated carbocycles. The first-order valence-corrected chi connectivity index (χ1v) is 8.40. The third kappa shape index (κ3) is 4.86. The Morgan fingerprint density at radius 1 is 0.621 bits per heavy atom. The molecule has 8 N–H and O–H groups in total. The number of nitrogens with two attached hydrogens (primary N) is 3. The van der Waals surface area contributed by atoms with E-state index in [0.717, 1.165) is 0 Å². The molecule has 148 valence electrons. The fourth-order valence-corrected chi connectivity index (χ4v) is 2.49. The summed E-state index contributed by atoms with van der Waals surface area (Å²) in [6.45, 7) is 0. The standard InChI is InChI=1S/C20H19N5O4/c21-14-9-17(28-15-5-1-12(2-6-15)19(22)24-26)11-18(10-14)29-16-7-3-13(4-8-16)20(23)25-27/h1-11,26-27H,21H2,(H2,22,24)(H2,23,25). The van der Waals surface area contributed by atoms with Crippen LogP contribution in [0, 0.1) is 0 Å². The van der Waals surface area contributed by atoms with E-state index in [1.165, 1.54) is 0 Å². The average Bonchev–Trinajstić information content (AvgIpc) is 2.73. The van der Waals surface area contributed by atoms with Crippen LogP contribution in [0.2, 0.25) is 0 Å². The Hall–Kier alpha value is -4.40. The maximum Gasteiger partial charge on any atom is 0.170 e. The predicted molar refractivity (Wildman–Crippen MR) is 109 cm³/mol. The van der Waals surface area contributed by atoms with Crippen LogP contribution in [0.5, 0.6) is 23.0 Å². The van der Waals surface area contributed by atoms with E-state index in [-0.39, 0.29) is 11.7 Å². The number of oxime groups is 2. The number of hydrogen-bond donors (Lipinski definition) is 5. The number of benzene rings is 3. The Labute approximate surface area is 166 Å². The average molecular weight is 393 g/mol. The Morgan fingerprint density at radius 2 is 1.00 bits per heavy atom. The minimum absolute atomic E-state index is 0.00854. The molecule has 3 aromatic carbocycles. The second-order valence-corrected chi connectivity index (χ2v) is 5.96.